The van der Waals surface area contributed by atoms with Crippen molar-refractivity contribution in [3.8, 4) is 0 Å². The van der Waals surface area contributed by atoms with Gasteiger partial charge in [-0.05, 0) is 24.7 Å². The highest BCUT2D eigenvalue weighted by Gasteiger charge is 2.10. The van der Waals surface area contributed by atoms with Crippen LogP contribution in [-0.4, -0.2) is 43.3 Å². The number of hydrogen-bond donors (Lipinski definition) is 2. The Balaban J connectivity index is 2.87. The largest absolute Gasteiger partial charge is 0.409 e. The van der Waals surface area contributed by atoms with Crippen molar-refractivity contribution in [1.29, 1.82) is 0 Å². The van der Waals surface area contributed by atoms with Crippen molar-refractivity contribution in [1.82, 2.24) is 4.90 Å². The average Bonchev–Trinajstić information content (AvgIpc) is 2.37. The first kappa shape index (κ1) is 14.4. The van der Waals surface area contributed by atoms with Crippen molar-refractivity contribution in [2.75, 3.05) is 27.3 Å². The molecule has 0 unspecified atom stereocenters. The van der Waals surface area contributed by atoms with Crippen LogP contribution in [0.1, 0.15) is 11.1 Å². The first-order chi connectivity index (χ1) is 8.58. The Hall–Kier alpha value is -1.66. The molecule has 18 heavy (non-hydrogen) atoms. The van der Waals surface area contributed by atoms with E-state index in [1.165, 1.54) is 12.1 Å². The molecule has 0 heterocycles. The minimum atomic E-state index is -0.417. The molecule has 3 N–H and O–H groups in total. The Morgan fingerprint density at radius 2 is 2.28 bits per heavy atom. The molecule has 1 rings (SSSR count). The number of likely N-dealkylation sites (N-methyl/N-ethyl adjacent to an activating group) is 1. The predicted molar refractivity (Wildman–Crippen MR) is 67.1 cm³/mol. The molecule has 0 aliphatic heterocycles. The van der Waals surface area contributed by atoms with Gasteiger partial charge in [-0.1, -0.05) is 11.2 Å². The van der Waals surface area contributed by atoms with Gasteiger partial charge in [0.25, 0.3) is 0 Å². The van der Waals surface area contributed by atoms with Gasteiger partial charge in [0.15, 0.2) is 5.84 Å². The SMILES string of the molecule is COCCN(C)Cc1ccc(F)cc1/C(N)=N/O. The van der Waals surface area contributed by atoms with E-state index in [2.05, 4.69) is 5.16 Å². The van der Waals surface area contributed by atoms with Gasteiger partial charge in [0.1, 0.15) is 5.82 Å². The molecule has 0 radical (unpaired) electrons. The van der Waals surface area contributed by atoms with Crippen molar-refractivity contribution in [3.05, 3.63) is 35.1 Å². The summed E-state index contributed by atoms with van der Waals surface area (Å²) in [6.45, 7) is 1.91. The quantitative estimate of drug-likeness (QED) is 0.344. The van der Waals surface area contributed by atoms with E-state index in [9.17, 15) is 4.39 Å². The van der Waals surface area contributed by atoms with Crippen LogP contribution in [0.25, 0.3) is 0 Å². The summed E-state index contributed by atoms with van der Waals surface area (Å²) in [4.78, 5) is 2.00. The third-order valence-electron chi connectivity index (χ3n) is 2.57. The smallest absolute Gasteiger partial charge is 0.170 e. The molecule has 0 aliphatic rings. The van der Waals surface area contributed by atoms with Gasteiger partial charge in [0.05, 0.1) is 6.61 Å². The second-order valence-electron chi connectivity index (χ2n) is 4.02. The first-order valence-corrected chi connectivity index (χ1v) is 5.52. The maximum Gasteiger partial charge on any atom is 0.170 e. The van der Waals surface area contributed by atoms with Crippen molar-refractivity contribution < 1.29 is 14.3 Å². The zero-order chi connectivity index (χ0) is 13.5. The van der Waals surface area contributed by atoms with Gasteiger partial charge in [0.2, 0.25) is 0 Å². The number of rotatable bonds is 6. The number of hydrogen-bond acceptors (Lipinski definition) is 4. The Bertz CT molecular complexity index is 424. The van der Waals surface area contributed by atoms with Gasteiger partial charge in [-0.3, -0.25) is 4.90 Å². The second-order valence-corrected chi connectivity index (χ2v) is 4.02. The van der Waals surface area contributed by atoms with E-state index in [0.717, 1.165) is 12.1 Å². The number of amidine groups is 1. The molecule has 0 atom stereocenters. The van der Waals surface area contributed by atoms with Gasteiger partial charge in [0, 0.05) is 25.8 Å². The van der Waals surface area contributed by atoms with E-state index >= 15 is 0 Å². The van der Waals surface area contributed by atoms with E-state index in [1.807, 2.05) is 11.9 Å². The molecule has 0 bridgehead atoms. The molecule has 0 amide bonds. The van der Waals surface area contributed by atoms with Crippen molar-refractivity contribution in [3.63, 3.8) is 0 Å². The summed E-state index contributed by atoms with van der Waals surface area (Å²) in [5, 5.41) is 11.6. The molecule has 0 saturated carbocycles. The zero-order valence-electron chi connectivity index (χ0n) is 10.6. The highest BCUT2D eigenvalue weighted by molar-refractivity contribution is 5.98. The van der Waals surface area contributed by atoms with Crippen LogP contribution in [0.15, 0.2) is 23.4 Å². The van der Waals surface area contributed by atoms with Crippen molar-refractivity contribution in [2.24, 2.45) is 10.9 Å². The Morgan fingerprint density at radius 3 is 2.89 bits per heavy atom. The second kappa shape index (κ2) is 6.93. The Labute approximate surface area is 106 Å². The summed E-state index contributed by atoms with van der Waals surface area (Å²) >= 11 is 0. The molecule has 0 spiro atoms. The molecule has 6 heteroatoms. The summed E-state index contributed by atoms with van der Waals surface area (Å²) in [5.41, 5.74) is 6.73. The summed E-state index contributed by atoms with van der Waals surface area (Å²) in [6.07, 6.45) is 0. The van der Waals surface area contributed by atoms with E-state index in [1.54, 1.807) is 13.2 Å². The number of oxime groups is 1. The van der Waals surface area contributed by atoms with Gasteiger partial charge < -0.3 is 15.7 Å². The lowest BCUT2D eigenvalue weighted by atomic mass is 10.1. The number of nitrogens with two attached hydrogens (primary N) is 1. The van der Waals surface area contributed by atoms with Crippen LogP contribution < -0.4 is 5.73 Å². The molecular formula is C12H18FN3O2. The van der Waals surface area contributed by atoms with Crippen LogP contribution in [0.2, 0.25) is 0 Å². The van der Waals surface area contributed by atoms with Crippen LogP contribution in [0.5, 0.6) is 0 Å². The highest BCUT2D eigenvalue weighted by atomic mass is 19.1. The lowest BCUT2D eigenvalue weighted by Gasteiger charge is -2.18. The minimum absolute atomic E-state index is 0.0929. The Morgan fingerprint density at radius 1 is 1.56 bits per heavy atom. The molecule has 0 fully saturated rings. The van der Waals surface area contributed by atoms with E-state index in [-0.39, 0.29) is 5.84 Å². The van der Waals surface area contributed by atoms with Gasteiger partial charge in [-0.2, -0.15) is 0 Å². The van der Waals surface area contributed by atoms with Crippen LogP contribution in [0.3, 0.4) is 0 Å². The minimum Gasteiger partial charge on any atom is -0.409 e. The molecule has 1 aromatic rings. The lowest BCUT2D eigenvalue weighted by molar-refractivity contribution is 0.158. The summed E-state index contributed by atoms with van der Waals surface area (Å²) in [5.74, 6) is -0.510. The molecule has 0 aliphatic carbocycles. The van der Waals surface area contributed by atoms with Gasteiger partial charge >= 0.3 is 0 Å². The fraction of sp³-hybridized carbons (Fsp3) is 0.417. The van der Waals surface area contributed by atoms with Crippen LogP contribution >= 0.6 is 0 Å². The first-order valence-electron chi connectivity index (χ1n) is 5.52. The third-order valence-corrected chi connectivity index (χ3v) is 2.57. The fourth-order valence-electron chi connectivity index (χ4n) is 1.60. The van der Waals surface area contributed by atoms with Crippen molar-refractivity contribution >= 4 is 5.84 Å². The number of benzene rings is 1. The van der Waals surface area contributed by atoms with Crippen LogP contribution in [0.4, 0.5) is 4.39 Å². The van der Waals surface area contributed by atoms with E-state index in [4.69, 9.17) is 15.7 Å². The van der Waals surface area contributed by atoms with Crippen LogP contribution in [0, 0.1) is 5.82 Å². The molecule has 100 valence electrons. The van der Waals surface area contributed by atoms with Gasteiger partial charge in [-0.25, -0.2) is 4.39 Å². The Kier molecular flexibility index (Phi) is 5.54. The predicted octanol–water partition coefficient (Wildman–Crippen LogP) is 0.998. The fourth-order valence-corrected chi connectivity index (χ4v) is 1.60. The van der Waals surface area contributed by atoms with Crippen LogP contribution in [-0.2, 0) is 11.3 Å². The average molecular weight is 255 g/mol. The molecular weight excluding hydrogens is 237 g/mol. The zero-order valence-corrected chi connectivity index (χ0v) is 10.6. The molecule has 0 aromatic heterocycles. The normalized spacial score (nSPS) is 12.1. The molecule has 0 saturated heterocycles. The topological polar surface area (TPSA) is 71.1 Å². The maximum absolute atomic E-state index is 13.2. The summed E-state index contributed by atoms with van der Waals surface area (Å²) in [6, 6.07) is 4.24. The van der Waals surface area contributed by atoms with Gasteiger partial charge in [-0.15, -0.1) is 0 Å². The highest BCUT2D eigenvalue weighted by Crippen LogP contribution is 2.13. The number of ether oxygens (including phenoxy) is 1. The number of halogens is 1. The number of nitrogens with zero attached hydrogens (tertiary/aromatic N) is 2. The third kappa shape index (κ3) is 3.97. The number of methoxy groups -OCH3 is 1. The van der Waals surface area contributed by atoms with E-state index < -0.39 is 5.82 Å². The standard InChI is InChI=1S/C12H18FN3O2/c1-16(5-6-18-2)8-9-3-4-10(13)7-11(9)12(14)15-17/h3-4,7,17H,5-6,8H2,1-2H3,(H2,14,15). The summed E-state index contributed by atoms with van der Waals surface area (Å²) < 4.78 is 18.1. The summed E-state index contributed by atoms with van der Waals surface area (Å²) in [7, 11) is 3.55. The molecule has 1 aromatic carbocycles. The monoisotopic (exact) mass is 255 g/mol. The lowest BCUT2D eigenvalue weighted by Crippen LogP contribution is -2.25. The molecule has 5 nitrogen and oxygen atoms in total. The van der Waals surface area contributed by atoms with Crippen molar-refractivity contribution in [2.45, 2.75) is 6.54 Å². The van der Waals surface area contributed by atoms with E-state index in [0.29, 0.717) is 18.7 Å². The maximum atomic E-state index is 13.2.